The van der Waals surface area contributed by atoms with Gasteiger partial charge in [0.05, 0.1) is 0 Å². The molecule has 19 heavy (non-hydrogen) atoms. The Morgan fingerprint density at radius 1 is 1.53 bits per heavy atom. The van der Waals surface area contributed by atoms with Gasteiger partial charge in [0.15, 0.2) is 0 Å². The molecule has 0 saturated heterocycles. The summed E-state index contributed by atoms with van der Waals surface area (Å²) in [6.45, 7) is 2.57. The highest BCUT2D eigenvalue weighted by molar-refractivity contribution is 7.98. The number of hydrogen-bond acceptors (Lipinski definition) is 4. The molecule has 1 aromatic heterocycles. The molecule has 0 spiro atoms. The van der Waals surface area contributed by atoms with Crippen molar-refractivity contribution >= 4 is 21.8 Å². The van der Waals surface area contributed by atoms with E-state index < -0.39 is 10.0 Å². The Kier molecular flexibility index (Phi) is 5.91. The summed E-state index contributed by atoms with van der Waals surface area (Å²) in [4.78, 5) is 0.357. The van der Waals surface area contributed by atoms with Crippen LogP contribution in [0.15, 0.2) is 17.2 Å². The molecule has 0 radical (unpaired) electrons. The minimum atomic E-state index is -3.41. The first-order valence-corrected chi connectivity index (χ1v) is 8.94. The predicted octanol–water partition coefficient (Wildman–Crippen LogP) is 1.12. The molecular formula is C12H23N3O2S2. The Balaban J connectivity index is 3.03. The number of nitrogens with zero attached hydrogens (tertiary/aromatic N) is 2. The zero-order valence-corrected chi connectivity index (χ0v) is 13.8. The van der Waals surface area contributed by atoms with E-state index in [0.29, 0.717) is 11.4 Å². The fourth-order valence-corrected chi connectivity index (χ4v) is 4.08. The molecule has 1 atom stereocenters. The maximum Gasteiger partial charge on any atom is 0.244 e. The van der Waals surface area contributed by atoms with Crippen molar-refractivity contribution in [2.45, 2.75) is 24.4 Å². The van der Waals surface area contributed by atoms with Crippen LogP contribution >= 0.6 is 11.8 Å². The number of thioether (sulfide) groups is 1. The van der Waals surface area contributed by atoms with Crippen LogP contribution in [0.2, 0.25) is 0 Å². The van der Waals surface area contributed by atoms with Gasteiger partial charge < -0.3 is 9.88 Å². The van der Waals surface area contributed by atoms with Crippen LogP contribution < -0.4 is 5.32 Å². The molecule has 7 heteroatoms. The first-order valence-electron chi connectivity index (χ1n) is 6.11. The fourth-order valence-electron chi connectivity index (χ4n) is 1.82. The SMILES string of the molecule is CNCc1cc(S(=O)(=O)N(C)C(C)CSC)cn1C. The van der Waals surface area contributed by atoms with E-state index in [-0.39, 0.29) is 6.04 Å². The number of aromatic nitrogens is 1. The van der Waals surface area contributed by atoms with Crippen molar-refractivity contribution in [3.8, 4) is 0 Å². The van der Waals surface area contributed by atoms with Crippen molar-refractivity contribution < 1.29 is 8.42 Å². The van der Waals surface area contributed by atoms with Crippen molar-refractivity contribution in [2.75, 3.05) is 26.1 Å². The zero-order chi connectivity index (χ0) is 14.6. The molecule has 0 aliphatic carbocycles. The summed E-state index contributed by atoms with van der Waals surface area (Å²) >= 11 is 1.64. The Morgan fingerprint density at radius 3 is 2.68 bits per heavy atom. The van der Waals surface area contributed by atoms with Crippen molar-refractivity contribution in [3.05, 3.63) is 18.0 Å². The smallest absolute Gasteiger partial charge is 0.244 e. The van der Waals surface area contributed by atoms with Crippen molar-refractivity contribution in [2.24, 2.45) is 7.05 Å². The average Bonchev–Trinajstić information content (AvgIpc) is 2.71. The molecule has 0 amide bonds. The topological polar surface area (TPSA) is 54.3 Å². The lowest BCUT2D eigenvalue weighted by Gasteiger charge is -2.23. The van der Waals surface area contributed by atoms with Gasteiger partial charge in [0.1, 0.15) is 4.90 Å². The molecule has 0 aliphatic heterocycles. The summed E-state index contributed by atoms with van der Waals surface area (Å²) in [6, 6.07) is 1.71. The standard InChI is InChI=1S/C12H23N3O2S2/c1-10(9-18-5)15(4)19(16,17)12-6-11(7-13-2)14(3)8-12/h6,8,10,13H,7,9H2,1-5H3. The zero-order valence-electron chi connectivity index (χ0n) is 12.2. The average molecular weight is 305 g/mol. The molecule has 110 valence electrons. The molecule has 1 unspecified atom stereocenters. The van der Waals surface area contributed by atoms with Gasteiger partial charge in [-0.25, -0.2) is 8.42 Å². The van der Waals surface area contributed by atoms with E-state index in [1.807, 2.05) is 31.8 Å². The number of hydrogen-bond donors (Lipinski definition) is 1. The summed E-state index contributed by atoms with van der Waals surface area (Å²) in [5, 5.41) is 3.03. The maximum atomic E-state index is 12.5. The fraction of sp³-hybridized carbons (Fsp3) is 0.667. The van der Waals surface area contributed by atoms with E-state index in [1.54, 1.807) is 31.1 Å². The van der Waals surface area contributed by atoms with Gasteiger partial charge in [-0.15, -0.1) is 0 Å². The van der Waals surface area contributed by atoms with E-state index in [1.165, 1.54) is 4.31 Å². The third-order valence-corrected chi connectivity index (χ3v) is 5.90. The van der Waals surface area contributed by atoms with Gasteiger partial charge in [0.2, 0.25) is 10.0 Å². The molecule has 0 fully saturated rings. The quantitative estimate of drug-likeness (QED) is 0.820. The third kappa shape index (κ3) is 3.75. The van der Waals surface area contributed by atoms with Crippen LogP contribution in [0.3, 0.4) is 0 Å². The normalized spacial score (nSPS) is 14.0. The van der Waals surface area contributed by atoms with Crippen LogP contribution in [0.4, 0.5) is 0 Å². The second kappa shape index (κ2) is 6.78. The van der Waals surface area contributed by atoms with Gasteiger partial charge >= 0.3 is 0 Å². The van der Waals surface area contributed by atoms with Gasteiger partial charge in [-0.2, -0.15) is 16.1 Å². The molecule has 1 N–H and O–H groups in total. The second-order valence-corrected chi connectivity index (χ2v) is 7.54. The molecule has 0 aromatic carbocycles. The van der Waals surface area contributed by atoms with Crippen LogP contribution in [-0.4, -0.2) is 49.4 Å². The molecule has 0 bridgehead atoms. The number of nitrogens with one attached hydrogen (secondary N) is 1. The van der Waals surface area contributed by atoms with Gasteiger partial charge in [0.25, 0.3) is 0 Å². The first-order chi connectivity index (χ1) is 8.84. The monoisotopic (exact) mass is 305 g/mol. The van der Waals surface area contributed by atoms with E-state index >= 15 is 0 Å². The molecule has 1 heterocycles. The third-order valence-electron chi connectivity index (χ3n) is 3.15. The summed E-state index contributed by atoms with van der Waals surface area (Å²) in [7, 11) is 1.93. The molecule has 0 aliphatic rings. The van der Waals surface area contributed by atoms with Gasteiger partial charge in [0, 0.05) is 44.3 Å². The molecule has 1 aromatic rings. The lowest BCUT2D eigenvalue weighted by atomic mass is 10.4. The Hall–Kier alpha value is -0.500. The van der Waals surface area contributed by atoms with Crippen molar-refractivity contribution in [1.82, 2.24) is 14.2 Å². The lowest BCUT2D eigenvalue weighted by molar-refractivity contribution is 0.415. The van der Waals surface area contributed by atoms with Gasteiger partial charge in [-0.05, 0) is 26.3 Å². The summed E-state index contributed by atoms with van der Waals surface area (Å²) < 4.78 is 28.3. The predicted molar refractivity (Wildman–Crippen MR) is 81.0 cm³/mol. The number of aryl methyl sites for hydroxylation is 1. The minimum Gasteiger partial charge on any atom is -0.352 e. The van der Waals surface area contributed by atoms with Crippen LogP contribution in [-0.2, 0) is 23.6 Å². The number of sulfonamides is 1. The van der Waals surface area contributed by atoms with Crippen LogP contribution in [0.5, 0.6) is 0 Å². The van der Waals surface area contributed by atoms with E-state index in [4.69, 9.17) is 0 Å². The highest BCUT2D eigenvalue weighted by Crippen LogP contribution is 2.20. The maximum absolute atomic E-state index is 12.5. The van der Waals surface area contributed by atoms with Crippen LogP contribution in [0.25, 0.3) is 0 Å². The molecule has 0 saturated carbocycles. The largest absolute Gasteiger partial charge is 0.352 e. The first kappa shape index (κ1) is 16.6. The Morgan fingerprint density at radius 2 is 2.16 bits per heavy atom. The van der Waals surface area contributed by atoms with Crippen molar-refractivity contribution in [1.29, 1.82) is 0 Å². The molecule has 5 nitrogen and oxygen atoms in total. The Labute approximate surface area is 120 Å². The van der Waals surface area contributed by atoms with Gasteiger partial charge in [-0.3, -0.25) is 0 Å². The molecule has 1 rings (SSSR count). The number of rotatable bonds is 7. The van der Waals surface area contributed by atoms with Gasteiger partial charge in [-0.1, -0.05) is 0 Å². The summed E-state index contributed by atoms with van der Waals surface area (Å²) in [6.07, 6.45) is 3.65. The van der Waals surface area contributed by atoms with E-state index in [2.05, 4.69) is 5.32 Å². The molecular weight excluding hydrogens is 282 g/mol. The summed E-state index contributed by atoms with van der Waals surface area (Å²) in [5.41, 5.74) is 0.951. The van der Waals surface area contributed by atoms with E-state index in [0.717, 1.165) is 11.4 Å². The second-order valence-electron chi connectivity index (χ2n) is 4.63. The van der Waals surface area contributed by atoms with Crippen molar-refractivity contribution in [3.63, 3.8) is 0 Å². The lowest BCUT2D eigenvalue weighted by Crippen LogP contribution is -2.36. The van der Waals surface area contributed by atoms with E-state index in [9.17, 15) is 8.42 Å². The minimum absolute atomic E-state index is 0.0204. The van der Waals surface area contributed by atoms with Crippen LogP contribution in [0.1, 0.15) is 12.6 Å². The Bertz CT molecular complexity index is 511. The highest BCUT2D eigenvalue weighted by Gasteiger charge is 2.26. The summed E-state index contributed by atoms with van der Waals surface area (Å²) in [5.74, 6) is 0.784. The highest BCUT2D eigenvalue weighted by atomic mass is 32.2. The van der Waals surface area contributed by atoms with Crippen LogP contribution in [0, 0.1) is 0 Å².